The fraction of sp³-hybridized carbons (Fsp3) is 0.300. The Morgan fingerprint density at radius 1 is 1.08 bits per heavy atom. The summed E-state index contributed by atoms with van der Waals surface area (Å²) >= 11 is 0. The number of carbonyl (C=O) groups excluding carboxylic acids is 1. The van der Waals surface area contributed by atoms with Gasteiger partial charge in [-0.1, -0.05) is 49.4 Å². The molecule has 2 N–H and O–H groups in total. The predicted molar refractivity (Wildman–Crippen MR) is 95.5 cm³/mol. The number of ether oxygens (including phenoxy) is 1. The van der Waals surface area contributed by atoms with Crippen molar-refractivity contribution >= 4 is 11.9 Å². The molecule has 0 spiro atoms. The average Bonchev–Trinajstić information content (AvgIpc) is 2.65. The molecule has 0 aromatic heterocycles. The fourth-order valence-electron chi connectivity index (χ4n) is 2.77. The first-order valence-electron chi connectivity index (χ1n) is 8.24. The van der Waals surface area contributed by atoms with Crippen molar-refractivity contribution < 1.29 is 19.4 Å². The zero-order valence-electron chi connectivity index (χ0n) is 14.5. The van der Waals surface area contributed by atoms with E-state index in [1.807, 2.05) is 30.3 Å². The Hall–Kier alpha value is -2.82. The summed E-state index contributed by atoms with van der Waals surface area (Å²) in [4.78, 5) is 24.3. The standard InChI is InChI=1S/C20H23NO4/c1-3-20(19(23)24,16-7-5-4-6-8-16)21-18(22)14-11-15-9-12-17(25-2)13-10-15/h4-10,12-13H,3,11,14H2,1-2H3,(H,21,22)(H,23,24). The van der Waals surface area contributed by atoms with Gasteiger partial charge in [-0.25, -0.2) is 4.79 Å². The molecule has 25 heavy (non-hydrogen) atoms. The number of rotatable bonds is 8. The number of hydrogen-bond acceptors (Lipinski definition) is 3. The first-order valence-corrected chi connectivity index (χ1v) is 8.24. The van der Waals surface area contributed by atoms with Crippen LogP contribution in [0.15, 0.2) is 54.6 Å². The number of amides is 1. The Morgan fingerprint density at radius 2 is 1.72 bits per heavy atom. The first-order chi connectivity index (χ1) is 12.0. The van der Waals surface area contributed by atoms with Gasteiger partial charge in [-0.05, 0) is 36.1 Å². The van der Waals surface area contributed by atoms with Crippen molar-refractivity contribution in [3.8, 4) is 5.75 Å². The molecule has 5 heteroatoms. The summed E-state index contributed by atoms with van der Waals surface area (Å²) in [5, 5.41) is 12.5. The molecule has 0 saturated carbocycles. The molecule has 5 nitrogen and oxygen atoms in total. The molecule has 2 aromatic rings. The zero-order valence-corrected chi connectivity index (χ0v) is 14.5. The number of benzene rings is 2. The number of methoxy groups -OCH3 is 1. The maximum atomic E-state index is 12.4. The summed E-state index contributed by atoms with van der Waals surface area (Å²) in [6.45, 7) is 1.75. The van der Waals surface area contributed by atoms with Crippen molar-refractivity contribution in [3.05, 3.63) is 65.7 Å². The van der Waals surface area contributed by atoms with Gasteiger partial charge in [-0.15, -0.1) is 0 Å². The van der Waals surface area contributed by atoms with Crippen LogP contribution in [-0.2, 0) is 21.5 Å². The Bertz CT molecular complexity index is 712. The summed E-state index contributed by atoms with van der Waals surface area (Å²) in [5.74, 6) is -0.587. The molecular formula is C20H23NO4. The second-order valence-electron chi connectivity index (χ2n) is 5.83. The van der Waals surface area contributed by atoms with Gasteiger partial charge < -0.3 is 15.2 Å². The maximum absolute atomic E-state index is 12.4. The van der Waals surface area contributed by atoms with Crippen molar-refractivity contribution in [2.24, 2.45) is 0 Å². The lowest BCUT2D eigenvalue weighted by atomic mass is 9.87. The summed E-state index contributed by atoms with van der Waals surface area (Å²) in [6, 6.07) is 16.3. The molecule has 0 saturated heterocycles. The lowest BCUT2D eigenvalue weighted by molar-refractivity contribution is -0.148. The molecule has 2 rings (SSSR count). The molecule has 0 bridgehead atoms. The molecule has 0 radical (unpaired) electrons. The minimum Gasteiger partial charge on any atom is -0.497 e. The molecule has 2 aromatic carbocycles. The van der Waals surface area contributed by atoms with Crippen LogP contribution in [-0.4, -0.2) is 24.1 Å². The van der Waals surface area contributed by atoms with Gasteiger partial charge in [0.05, 0.1) is 7.11 Å². The van der Waals surface area contributed by atoms with E-state index in [4.69, 9.17) is 4.74 Å². The minimum absolute atomic E-state index is 0.216. The van der Waals surface area contributed by atoms with Gasteiger partial charge in [0.2, 0.25) is 5.91 Å². The highest BCUT2D eigenvalue weighted by Crippen LogP contribution is 2.26. The van der Waals surface area contributed by atoms with Gasteiger partial charge in [0.1, 0.15) is 5.75 Å². The van der Waals surface area contributed by atoms with E-state index in [2.05, 4.69) is 5.32 Å². The summed E-state index contributed by atoms with van der Waals surface area (Å²) < 4.78 is 5.11. The quantitative estimate of drug-likeness (QED) is 0.773. The van der Waals surface area contributed by atoms with Gasteiger partial charge in [0.25, 0.3) is 0 Å². The van der Waals surface area contributed by atoms with Gasteiger partial charge in [0.15, 0.2) is 5.54 Å². The number of carboxylic acid groups (broad SMARTS) is 1. The van der Waals surface area contributed by atoms with Crippen LogP contribution < -0.4 is 10.1 Å². The van der Waals surface area contributed by atoms with Crippen molar-refractivity contribution in [1.82, 2.24) is 5.32 Å². The second-order valence-corrected chi connectivity index (χ2v) is 5.83. The third-order valence-electron chi connectivity index (χ3n) is 4.31. The number of carbonyl (C=O) groups is 2. The third kappa shape index (κ3) is 4.38. The Morgan fingerprint density at radius 3 is 2.24 bits per heavy atom. The minimum atomic E-state index is -1.40. The highest BCUT2D eigenvalue weighted by Gasteiger charge is 2.39. The number of carboxylic acids is 1. The smallest absolute Gasteiger partial charge is 0.334 e. The van der Waals surface area contributed by atoms with E-state index in [1.165, 1.54) is 0 Å². The number of aliphatic carboxylic acids is 1. The topological polar surface area (TPSA) is 75.6 Å². The molecule has 0 fully saturated rings. The van der Waals surface area contributed by atoms with Crippen LogP contribution in [0.2, 0.25) is 0 Å². The van der Waals surface area contributed by atoms with Crippen LogP contribution >= 0.6 is 0 Å². The van der Waals surface area contributed by atoms with Gasteiger partial charge in [-0.2, -0.15) is 0 Å². The molecule has 1 amide bonds. The average molecular weight is 341 g/mol. The SMILES string of the molecule is CCC(NC(=O)CCc1ccc(OC)cc1)(C(=O)O)c1ccccc1. The van der Waals surface area contributed by atoms with Crippen molar-refractivity contribution in [2.45, 2.75) is 31.7 Å². The van der Waals surface area contributed by atoms with E-state index in [0.29, 0.717) is 12.0 Å². The molecule has 0 aliphatic rings. The van der Waals surface area contributed by atoms with Crippen LogP contribution in [0, 0.1) is 0 Å². The Balaban J connectivity index is 2.08. The normalized spacial score (nSPS) is 12.9. The van der Waals surface area contributed by atoms with E-state index < -0.39 is 11.5 Å². The third-order valence-corrected chi connectivity index (χ3v) is 4.31. The highest BCUT2D eigenvalue weighted by molar-refractivity contribution is 5.88. The monoisotopic (exact) mass is 341 g/mol. The molecule has 0 aliphatic heterocycles. The van der Waals surface area contributed by atoms with E-state index >= 15 is 0 Å². The van der Waals surface area contributed by atoms with E-state index in [9.17, 15) is 14.7 Å². The number of aryl methyl sites for hydroxylation is 1. The molecule has 1 unspecified atom stereocenters. The van der Waals surface area contributed by atoms with Gasteiger partial charge in [-0.3, -0.25) is 4.79 Å². The molecule has 0 aliphatic carbocycles. The van der Waals surface area contributed by atoms with Crippen molar-refractivity contribution in [1.29, 1.82) is 0 Å². The summed E-state index contributed by atoms with van der Waals surface area (Å²) in [7, 11) is 1.60. The van der Waals surface area contributed by atoms with Gasteiger partial charge >= 0.3 is 5.97 Å². The zero-order chi connectivity index (χ0) is 18.3. The van der Waals surface area contributed by atoms with Crippen LogP contribution in [0.5, 0.6) is 5.75 Å². The van der Waals surface area contributed by atoms with Gasteiger partial charge in [0, 0.05) is 6.42 Å². The lowest BCUT2D eigenvalue weighted by Crippen LogP contribution is -2.51. The van der Waals surface area contributed by atoms with Crippen LogP contribution in [0.25, 0.3) is 0 Å². The number of hydrogen-bond donors (Lipinski definition) is 2. The van der Waals surface area contributed by atoms with Crippen LogP contribution in [0.3, 0.4) is 0 Å². The van der Waals surface area contributed by atoms with E-state index in [0.717, 1.165) is 11.3 Å². The first kappa shape index (κ1) is 18.5. The Labute approximate surface area is 147 Å². The largest absolute Gasteiger partial charge is 0.497 e. The highest BCUT2D eigenvalue weighted by atomic mass is 16.5. The van der Waals surface area contributed by atoms with E-state index in [1.54, 1.807) is 38.3 Å². The Kier molecular flexibility index (Phi) is 6.17. The molecular weight excluding hydrogens is 318 g/mol. The lowest BCUT2D eigenvalue weighted by Gasteiger charge is -2.30. The maximum Gasteiger partial charge on any atom is 0.334 e. The predicted octanol–water partition coefficient (Wildman–Crippen LogP) is 3.13. The van der Waals surface area contributed by atoms with Crippen LogP contribution in [0.1, 0.15) is 30.9 Å². The fourth-order valence-corrected chi connectivity index (χ4v) is 2.77. The van der Waals surface area contributed by atoms with Crippen LogP contribution in [0.4, 0.5) is 0 Å². The van der Waals surface area contributed by atoms with Crippen molar-refractivity contribution in [2.75, 3.05) is 7.11 Å². The number of nitrogens with one attached hydrogen (secondary N) is 1. The summed E-state index contributed by atoms with van der Waals surface area (Å²) in [5.41, 5.74) is 0.161. The van der Waals surface area contributed by atoms with Crippen molar-refractivity contribution in [3.63, 3.8) is 0 Å². The molecule has 0 heterocycles. The molecule has 132 valence electrons. The summed E-state index contributed by atoms with van der Waals surface area (Å²) in [6.07, 6.45) is 1.01. The second kappa shape index (κ2) is 8.33. The van der Waals surface area contributed by atoms with E-state index in [-0.39, 0.29) is 18.7 Å². The molecule has 1 atom stereocenters.